The van der Waals surface area contributed by atoms with E-state index in [4.69, 9.17) is 5.73 Å². The molecule has 158 valence electrons. The van der Waals surface area contributed by atoms with Gasteiger partial charge in [-0.05, 0) is 25.2 Å². The maximum Gasteiger partial charge on any atom is 0.274 e. The molecule has 0 bridgehead atoms. The van der Waals surface area contributed by atoms with Gasteiger partial charge in [-0.3, -0.25) is 14.6 Å². The first-order chi connectivity index (χ1) is 13.6. The highest BCUT2D eigenvalue weighted by atomic mass is 32.2. The Morgan fingerprint density at radius 1 is 1.31 bits per heavy atom. The number of carbonyl (C=O) groups is 2. The molecule has 2 N–H and O–H groups in total. The molecule has 2 amide bonds. The van der Waals surface area contributed by atoms with Crippen molar-refractivity contribution in [3.05, 3.63) is 23.3 Å². The van der Waals surface area contributed by atoms with Gasteiger partial charge in [0.2, 0.25) is 15.9 Å². The van der Waals surface area contributed by atoms with Crippen molar-refractivity contribution in [2.24, 2.45) is 17.6 Å². The third-order valence-corrected chi connectivity index (χ3v) is 7.35. The summed E-state index contributed by atoms with van der Waals surface area (Å²) in [6.07, 6.45) is 5.25. The van der Waals surface area contributed by atoms with Gasteiger partial charge in [0, 0.05) is 25.2 Å². The Labute approximate surface area is 170 Å². The molecule has 0 unspecified atom stereocenters. The third-order valence-electron chi connectivity index (χ3n) is 6.18. The predicted molar refractivity (Wildman–Crippen MR) is 105 cm³/mol. The Hall–Kier alpha value is -2.07. The summed E-state index contributed by atoms with van der Waals surface area (Å²) in [7, 11) is -3.71. The van der Waals surface area contributed by atoms with Gasteiger partial charge in [0.15, 0.2) is 5.69 Å². The van der Waals surface area contributed by atoms with Gasteiger partial charge in [-0.1, -0.05) is 13.8 Å². The highest BCUT2D eigenvalue weighted by Crippen LogP contribution is 2.42. The van der Waals surface area contributed by atoms with Crippen LogP contribution >= 0.6 is 0 Å². The smallest absolute Gasteiger partial charge is 0.274 e. The Morgan fingerprint density at radius 2 is 2.00 bits per heavy atom. The second-order valence-corrected chi connectivity index (χ2v) is 10.4. The summed E-state index contributed by atoms with van der Waals surface area (Å²) in [4.78, 5) is 36.8. The number of hydrogen-bond acceptors (Lipinski definition) is 7. The van der Waals surface area contributed by atoms with Crippen molar-refractivity contribution in [1.82, 2.24) is 19.2 Å². The minimum atomic E-state index is -3.71. The van der Waals surface area contributed by atoms with E-state index in [1.165, 1.54) is 0 Å². The molecule has 9 nitrogen and oxygen atoms in total. The number of nitrogens with zero attached hydrogens (tertiary/aromatic N) is 4. The first-order valence-electron chi connectivity index (χ1n) is 10.0. The Morgan fingerprint density at radius 3 is 2.55 bits per heavy atom. The number of sulfonamides is 1. The summed E-state index contributed by atoms with van der Waals surface area (Å²) in [5.74, 6) is -1.03. The van der Waals surface area contributed by atoms with Crippen LogP contribution in [-0.2, 0) is 21.4 Å². The highest BCUT2D eigenvalue weighted by Gasteiger charge is 2.58. The topological polar surface area (TPSA) is 127 Å². The van der Waals surface area contributed by atoms with E-state index in [0.717, 1.165) is 29.1 Å². The van der Waals surface area contributed by atoms with Crippen LogP contribution in [0.25, 0.3) is 0 Å². The molecule has 1 saturated carbocycles. The van der Waals surface area contributed by atoms with E-state index in [2.05, 4.69) is 9.97 Å². The lowest BCUT2D eigenvalue weighted by atomic mass is 9.88. The van der Waals surface area contributed by atoms with Gasteiger partial charge in [-0.15, -0.1) is 0 Å². The molecule has 2 aliphatic heterocycles. The number of nitrogens with two attached hydrogens (primary N) is 1. The molecule has 3 atom stereocenters. The van der Waals surface area contributed by atoms with Crippen LogP contribution in [0.15, 0.2) is 6.20 Å². The van der Waals surface area contributed by atoms with Crippen molar-refractivity contribution in [2.75, 3.05) is 12.8 Å². The summed E-state index contributed by atoms with van der Waals surface area (Å²) in [5, 5.41) is 0. The first-order valence-corrected chi connectivity index (χ1v) is 11.9. The molecule has 0 aromatic carbocycles. The van der Waals surface area contributed by atoms with Crippen LogP contribution in [0.2, 0.25) is 0 Å². The van der Waals surface area contributed by atoms with E-state index in [9.17, 15) is 18.0 Å². The Balaban J connectivity index is 1.69. The molecule has 1 aliphatic carbocycles. The zero-order chi connectivity index (χ0) is 21.1. The minimum absolute atomic E-state index is 0.0958. The average molecular weight is 422 g/mol. The van der Waals surface area contributed by atoms with E-state index < -0.39 is 33.9 Å². The van der Waals surface area contributed by atoms with Crippen molar-refractivity contribution in [2.45, 2.75) is 57.7 Å². The van der Waals surface area contributed by atoms with Crippen molar-refractivity contribution < 1.29 is 18.0 Å². The summed E-state index contributed by atoms with van der Waals surface area (Å²) >= 11 is 0. The van der Waals surface area contributed by atoms with Crippen LogP contribution in [0.4, 0.5) is 0 Å². The van der Waals surface area contributed by atoms with Crippen LogP contribution in [0, 0.1) is 11.8 Å². The van der Waals surface area contributed by atoms with Crippen LogP contribution in [0.1, 0.15) is 60.9 Å². The quantitative estimate of drug-likeness (QED) is 0.732. The molecule has 3 aliphatic rings. The van der Waals surface area contributed by atoms with Gasteiger partial charge in [0.1, 0.15) is 0 Å². The number of likely N-dealkylation sites (tertiary alicyclic amines) is 1. The third kappa shape index (κ3) is 3.31. The van der Waals surface area contributed by atoms with Crippen LogP contribution in [0.5, 0.6) is 0 Å². The zero-order valence-corrected chi connectivity index (χ0v) is 17.7. The van der Waals surface area contributed by atoms with Crippen molar-refractivity contribution in [3.63, 3.8) is 0 Å². The van der Waals surface area contributed by atoms with Crippen molar-refractivity contribution in [1.29, 1.82) is 0 Å². The molecule has 0 radical (unpaired) electrons. The first kappa shape index (κ1) is 20.2. The highest BCUT2D eigenvalue weighted by molar-refractivity contribution is 7.88. The normalized spacial score (nSPS) is 27.1. The summed E-state index contributed by atoms with van der Waals surface area (Å²) in [6.45, 7) is 4.22. The van der Waals surface area contributed by atoms with Gasteiger partial charge >= 0.3 is 0 Å². The zero-order valence-electron chi connectivity index (χ0n) is 16.9. The van der Waals surface area contributed by atoms with Crippen LogP contribution in [-0.4, -0.2) is 64.3 Å². The second kappa shape index (κ2) is 7.02. The van der Waals surface area contributed by atoms with E-state index >= 15 is 0 Å². The fraction of sp³-hybridized carbons (Fsp3) is 0.684. The average Bonchev–Trinajstić information content (AvgIpc) is 3.35. The molecule has 2 saturated heterocycles. The maximum absolute atomic E-state index is 13.4. The Kier molecular flexibility index (Phi) is 4.89. The number of aromatic nitrogens is 2. The second-order valence-electron chi connectivity index (χ2n) is 8.58. The SMILES string of the molecule is CC(C)[C@@H]1C(=O)N(S(C)(=O)=O)[C@@H]2CCN(C(=O)c3ncc(C4CC4)nc3CN)[C@H]21. The Bertz CT molecular complexity index is 959. The molecule has 3 fully saturated rings. The van der Waals surface area contributed by atoms with Crippen molar-refractivity contribution >= 4 is 21.8 Å². The van der Waals surface area contributed by atoms with Gasteiger partial charge < -0.3 is 10.6 Å². The number of hydrogen-bond donors (Lipinski definition) is 1. The van der Waals surface area contributed by atoms with E-state index in [1.807, 2.05) is 13.8 Å². The summed E-state index contributed by atoms with van der Waals surface area (Å²) in [5.41, 5.74) is 7.36. The van der Waals surface area contributed by atoms with Gasteiger partial charge in [0.25, 0.3) is 5.91 Å². The summed E-state index contributed by atoms with van der Waals surface area (Å²) < 4.78 is 25.5. The molecule has 1 aromatic rings. The van der Waals surface area contributed by atoms with Crippen LogP contribution < -0.4 is 5.73 Å². The van der Waals surface area contributed by atoms with E-state index in [-0.39, 0.29) is 24.1 Å². The number of rotatable bonds is 5. The van der Waals surface area contributed by atoms with E-state index in [1.54, 1.807) is 11.1 Å². The number of carbonyl (C=O) groups excluding carboxylic acids is 2. The molecule has 3 heterocycles. The minimum Gasteiger partial charge on any atom is -0.331 e. The largest absolute Gasteiger partial charge is 0.331 e. The molecular formula is C19H27N5O4S. The monoisotopic (exact) mass is 421 g/mol. The summed E-state index contributed by atoms with van der Waals surface area (Å²) in [6, 6.07) is -1.03. The molecule has 29 heavy (non-hydrogen) atoms. The van der Waals surface area contributed by atoms with Gasteiger partial charge in [0.05, 0.1) is 35.6 Å². The number of fused-ring (bicyclic) bond motifs is 1. The standard InChI is InChI=1S/C19H27N5O4S/c1-10(2)15-17-14(24(18(15)25)29(3,27)28)6-7-23(17)19(26)16-12(8-20)22-13(9-21-16)11-4-5-11/h9-11,14-15,17H,4-8,20H2,1-3H3/t14-,15+,17-/m1/s1. The van der Waals surface area contributed by atoms with Crippen molar-refractivity contribution in [3.8, 4) is 0 Å². The lowest BCUT2D eigenvalue weighted by molar-refractivity contribution is -0.129. The maximum atomic E-state index is 13.4. The molecule has 10 heteroatoms. The number of amides is 2. The van der Waals surface area contributed by atoms with Gasteiger partial charge in [-0.25, -0.2) is 17.7 Å². The fourth-order valence-electron chi connectivity index (χ4n) is 4.75. The molecular weight excluding hydrogens is 394 g/mol. The predicted octanol–water partition coefficient (Wildman–Crippen LogP) is 0.470. The lowest BCUT2D eigenvalue weighted by Gasteiger charge is -2.29. The van der Waals surface area contributed by atoms with E-state index in [0.29, 0.717) is 24.6 Å². The molecule has 1 aromatic heterocycles. The molecule has 4 rings (SSSR count). The lowest BCUT2D eigenvalue weighted by Crippen LogP contribution is -2.45. The molecule has 0 spiro atoms. The van der Waals surface area contributed by atoms with Crippen LogP contribution in [0.3, 0.4) is 0 Å². The van der Waals surface area contributed by atoms with Gasteiger partial charge in [-0.2, -0.15) is 0 Å². The fourth-order valence-corrected chi connectivity index (χ4v) is 5.92.